The predicted molar refractivity (Wildman–Crippen MR) is 54.7 cm³/mol. The molecule has 0 N–H and O–H groups in total. The molecule has 3 heteroatoms. The van der Waals surface area contributed by atoms with Crippen molar-refractivity contribution in [2.75, 3.05) is 6.54 Å². The summed E-state index contributed by atoms with van der Waals surface area (Å²) >= 11 is 4.89. The molecule has 2 aliphatic rings. The summed E-state index contributed by atoms with van der Waals surface area (Å²) in [5, 5.41) is 0. The summed E-state index contributed by atoms with van der Waals surface area (Å²) in [5.41, 5.74) is 0. The van der Waals surface area contributed by atoms with Gasteiger partial charge in [-0.3, -0.25) is 0 Å². The second kappa shape index (κ2) is 2.34. The lowest BCUT2D eigenvalue weighted by Crippen LogP contribution is -2.19. The molecule has 1 aliphatic heterocycles. The van der Waals surface area contributed by atoms with Crippen LogP contribution in [0.2, 0.25) is 0 Å². The molecule has 1 aliphatic carbocycles. The van der Waals surface area contributed by atoms with Crippen LogP contribution < -0.4 is 0 Å². The molecule has 1 nitrogen and oxygen atoms in total. The lowest BCUT2D eigenvalue weighted by atomic mass is 10.2. The van der Waals surface area contributed by atoms with E-state index in [0.717, 1.165) is 12.0 Å². The van der Waals surface area contributed by atoms with E-state index in [1.54, 1.807) is 3.58 Å². The Morgan fingerprint density at radius 1 is 1.67 bits per heavy atom. The monoisotopic (exact) mass is 347 g/mol. The third kappa shape index (κ3) is 1.05. The second-order valence-corrected chi connectivity index (χ2v) is 5.12. The summed E-state index contributed by atoms with van der Waals surface area (Å²) in [7, 11) is 0. The molecule has 2 bridgehead atoms. The van der Waals surface area contributed by atoms with Crippen LogP contribution in [0.1, 0.15) is 6.42 Å². The summed E-state index contributed by atoms with van der Waals surface area (Å²) < 4.78 is 4.00. The van der Waals surface area contributed by atoms with Crippen molar-refractivity contribution in [2.45, 2.75) is 12.5 Å². The van der Waals surface area contributed by atoms with Crippen LogP contribution in [-0.4, -0.2) is 15.7 Å². The molecule has 50 valence electrons. The van der Waals surface area contributed by atoms with Crippen LogP contribution in [0.5, 0.6) is 0 Å². The largest absolute Gasteiger partial charge is 0.240 e. The molecule has 0 aromatic carbocycles. The van der Waals surface area contributed by atoms with E-state index in [9.17, 15) is 0 Å². The molecule has 2 atom stereocenters. The normalized spacial score (nSPS) is 41.8. The molecule has 1 saturated heterocycles. The Balaban J connectivity index is 2.25. The van der Waals surface area contributed by atoms with Gasteiger partial charge in [-0.15, -0.1) is 0 Å². The molecular weight excluding hydrogens is 340 g/mol. The first-order valence-corrected chi connectivity index (χ1v) is 5.11. The maximum Gasteiger partial charge on any atom is 0.0390 e. The first-order valence-electron chi connectivity index (χ1n) is 3.07. The summed E-state index contributed by atoms with van der Waals surface area (Å²) in [6, 6.07) is 0.766. The summed E-state index contributed by atoms with van der Waals surface area (Å²) in [4.78, 5) is 0. The Kier molecular flexibility index (Phi) is 1.78. The predicted octanol–water partition coefficient (Wildman–Crippen LogP) is 2.36. The van der Waals surface area contributed by atoms with E-state index in [1.807, 2.05) is 0 Å². The first-order chi connectivity index (χ1) is 4.27. The Labute approximate surface area is 82.5 Å². The molecule has 9 heavy (non-hydrogen) atoms. The van der Waals surface area contributed by atoms with E-state index in [-0.39, 0.29) is 0 Å². The van der Waals surface area contributed by atoms with Gasteiger partial charge in [-0.2, -0.15) is 0 Å². The fraction of sp³-hybridized carbons (Fsp3) is 0.667. The smallest absolute Gasteiger partial charge is 0.0390 e. The Hall–Kier alpha value is 1.16. The summed E-state index contributed by atoms with van der Waals surface area (Å²) in [6.45, 7) is 1.28. The van der Waals surface area contributed by atoms with Gasteiger partial charge in [0.15, 0.2) is 0 Å². The minimum atomic E-state index is 0.766. The van der Waals surface area contributed by atoms with Gasteiger partial charge in [-0.1, -0.05) is 6.08 Å². The number of halogens is 2. The van der Waals surface area contributed by atoms with E-state index in [1.165, 1.54) is 13.0 Å². The zero-order valence-corrected chi connectivity index (χ0v) is 9.16. The highest BCUT2D eigenvalue weighted by molar-refractivity contribution is 14.1. The zero-order valence-electron chi connectivity index (χ0n) is 4.85. The molecule has 2 rings (SSSR count). The van der Waals surface area contributed by atoms with E-state index >= 15 is 0 Å². The Morgan fingerprint density at radius 2 is 2.44 bits per heavy atom. The van der Waals surface area contributed by atoms with Crippen molar-refractivity contribution < 1.29 is 0 Å². The van der Waals surface area contributed by atoms with Crippen LogP contribution in [0, 0.1) is 5.92 Å². The number of nitrogens with zero attached hydrogens (tertiary/aromatic N) is 1. The molecule has 0 amide bonds. The number of rotatable bonds is 0. The average Bonchev–Trinajstić information content (AvgIpc) is 2.24. The van der Waals surface area contributed by atoms with Gasteiger partial charge in [-0.05, 0) is 32.6 Å². The van der Waals surface area contributed by atoms with Gasteiger partial charge in [0.2, 0.25) is 0 Å². The second-order valence-electron chi connectivity index (χ2n) is 2.63. The molecule has 2 unspecified atom stereocenters. The van der Waals surface area contributed by atoms with Crippen LogP contribution in [0.25, 0.3) is 0 Å². The molecule has 0 aromatic rings. The van der Waals surface area contributed by atoms with Gasteiger partial charge in [0.1, 0.15) is 0 Å². The molecule has 0 spiro atoms. The summed E-state index contributed by atoms with van der Waals surface area (Å²) in [5.74, 6) is 0.882. The third-order valence-corrected chi connectivity index (χ3v) is 4.37. The lowest BCUT2D eigenvalue weighted by Gasteiger charge is -2.15. The van der Waals surface area contributed by atoms with Gasteiger partial charge in [0.05, 0.1) is 0 Å². The summed E-state index contributed by atoms with van der Waals surface area (Å²) in [6.07, 6.45) is 3.77. The van der Waals surface area contributed by atoms with Crippen molar-refractivity contribution >= 4 is 45.5 Å². The molecule has 0 aromatic heterocycles. The Bertz CT molecular complexity index is 166. The molecule has 0 saturated carbocycles. The van der Waals surface area contributed by atoms with Gasteiger partial charge in [0, 0.05) is 41.4 Å². The van der Waals surface area contributed by atoms with Crippen molar-refractivity contribution in [1.82, 2.24) is 3.11 Å². The number of fused-ring (bicyclic) bond motifs is 2. The first kappa shape index (κ1) is 6.84. The SMILES string of the molecule is IC1=CC2CC1CN2I. The standard InChI is InChI=1S/C6H7I2N/c7-6-2-5-1-4(6)3-9(5)8/h2,4-5H,1,3H2. The number of hydrogen-bond acceptors (Lipinski definition) is 1. The fourth-order valence-electron chi connectivity index (χ4n) is 1.49. The van der Waals surface area contributed by atoms with E-state index in [4.69, 9.17) is 0 Å². The van der Waals surface area contributed by atoms with E-state index < -0.39 is 0 Å². The number of hydrogen-bond donors (Lipinski definition) is 0. The minimum absolute atomic E-state index is 0.766. The van der Waals surface area contributed by atoms with Crippen LogP contribution in [0.15, 0.2) is 9.66 Å². The highest BCUT2D eigenvalue weighted by Crippen LogP contribution is 2.41. The van der Waals surface area contributed by atoms with Crippen molar-refractivity contribution in [3.63, 3.8) is 0 Å². The van der Waals surface area contributed by atoms with E-state index in [0.29, 0.717) is 0 Å². The third-order valence-electron chi connectivity index (χ3n) is 2.02. The highest BCUT2D eigenvalue weighted by Gasteiger charge is 2.36. The van der Waals surface area contributed by atoms with Gasteiger partial charge in [-0.25, -0.2) is 3.11 Å². The topological polar surface area (TPSA) is 3.24 Å². The van der Waals surface area contributed by atoms with Crippen LogP contribution >= 0.6 is 45.5 Å². The van der Waals surface area contributed by atoms with Crippen molar-refractivity contribution in [2.24, 2.45) is 5.92 Å². The molecule has 1 heterocycles. The van der Waals surface area contributed by atoms with Gasteiger partial charge < -0.3 is 0 Å². The molecule has 0 radical (unpaired) electrons. The van der Waals surface area contributed by atoms with Crippen molar-refractivity contribution in [3.05, 3.63) is 9.66 Å². The quantitative estimate of drug-likeness (QED) is 0.481. The maximum atomic E-state index is 2.47. The van der Waals surface area contributed by atoms with Crippen LogP contribution in [-0.2, 0) is 0 Å². The maximum absolute atomic E-state index is 2.47. The lowest BCUT2D eigenvalue weighted by molar-refractivity contribution is 0.529. The minimum Gasteiger partial charge on any atom is -0.240 e. The average molecular weight is 347 g/mol. The Morgan fingerprint density at radius 3 is 2.78 bits per heavy atom. The van der Waals surface area contributed by atoms with Gasteiger partial charge in [0.25, 0.3) is 0 Å². The highest BCUT2D eigenvalue weighted by atomic mass is 127. The van der Waals surface area contributed by atoms with Gasteiger partial charge >= 0.3 is 0 Å². The van der Waals surface area contributed by atoms with Crippen LogP contribution in [0.4, 0.5) is 0 Å². The van der Waals surface area contributed by atoms with Crippen molar-refractivity contribution in [1.29, 1.82) is 0 Å². The molecule has 1 fully saturated rings. The van der Waals surface area contributed by atoms with E-state index in [2.05, 4.69) is 54.6 Å². The molecular formula is C6H7I2N. The van der Waals surface area contributed by atoms with Crippen molar-refractivity contribution in [3.8, 4) is 0 Å². The van der Waals surface area contributed by atoms with Crippen LogP contribution in [0.3, 0.4) is 0 Å². The fourth-order valence-corrected chi connectivity index (χ4v) is 3.22. The zero-order chi connectivity index (χ0) is 6.43.